The molecule has 6 aromatic carbocycles. The van der Waals surface area contributed by atoms with Gasteiger partial charge in [-0.1, -0.05) is 120 Å². The molecule has 0 aliphatic carbocycles. The largest absolute Gasteiger partial charge is 0.322 e. The molecule has 0 saturated heterocycles. The molecule has 256 valence electrons. The number of fused-ring (bicyclic) bond motifs is 2. The van der Waals surface area contributed by atoms with Crippen LogP contribution in [0.15, 0.2) is 158 Å². The number of hydrogen-bond acceptors (Lipinski definition) is 4. The summed E-state index contributed by atoms with van der Waals surface area (Å²) < 4.78 is 0. The summed E-state index contributed by atoms with van der Waals surface area (Å²) in [6.45, 7) is 0. The van der Waals surface area contributed by atoms with E-state index in [1.807, 2.05) is 146 Å². The van der Waals surface area contributed by atoms with Gasteiger partial charge in [-0.15, -0.1) is 0 Å². The second-order valence-corrected chi connectivity index (χ2v) is 13.4. The zero-order valence-electron chi connectivity index (χ0n) is 28.2. The van der Waals surface area contributed by atoms with E-state index in [4.69, 9.17) is 33.2 Å². The van der Waals surface area contributed by atoms with Crippen molar-refractivity contribution in [3.8, 4) is 22.5 Å². The number of carbonyl (C=O) groups is 2. The number of benzene rings is 6. The molecule has 0 saturated carbocycles. The van der Waals surface area contributed by atoms with Crippen LogP contribution >= 0.6 is 23.2 Å². The Hall–Kier alpha value is -6.34. The number of halogens is 2. The monoisotopic (exact) mass is 728 g/mol. The Morgan fingerprint density at radius 2 is 0.849 bits per heavy atom. The molecule has 6 nitrogen and oxygen atoms in total. The van der Waals surface area contributed by atoms with E-state index in [0.717, 1.165) is 33.0 Å². The van der Waals surface area contributed by atoms with Gasteiger partial charge in [-0.3, -0.25) is 9.59 Å². The minimum Gasteiger partial charge on any atom is -0.322 e. The fraction of sp³-hybridized carbons (Fsp3) is 0.0222. The Labute approximate surface area is 316 Å². The van der Waals surface area contributed by atoms with Gasteiger partial charge in [0, 0.05) is 43.3 Å². The van der Waals surface area contributed by atoms with Gasteiger partial charge in [-0.25, -0.2) is 9.97 Å². The van der Waals surface area contributed by atoms with Gasteiger partial charge in [0.2, 0.25) is 0 Å². The Balaban J connectivity index is 0.955. The van der Waals surface area contributed by atoms with Crippen LogP contribution < -0.4 is 10.6 Å². The first-order valence-corrected chi connectivity index (χ1v) is 17.8. The van der Waals surface area contributed by atoms with Crippen molar-refractivity contribution >= 4 is 68.2 Å². The molecule has 8 aromatic rings. The van der Waals surface area contributed by atoms with Crippen molar-refractivity contribution in [3.63, 3.8) is 0 Å². The maximum absolute atomic E-state index is 13.6. The predicted molar refractivity (Wildman–Crippen MR) is 216 cm³/mol. The van der Waals surface area contributed by atoms with Crippen molar-refractivity contribution in [1.29, 1.82) is 0 Å². The first-order valence-electron chi connectivity index (χ1n) is 17.0. The van der Waals surface area contributed by atoms with Crippen molar-refractivity contribution in [2.24, 2.45) is 0 Å². The van der Waals surface area contributed by atoms with Crippen LogP contribution in [0.1, 0.15) is 31.8 Å². The lowest BCUT2D eigenvalue weighted by Crippen LogP contribution is -2.13. The molecule has 0 aliphatic heterocycles. The van der Waals surface area contributed by atoms with Crippen molar-refractivity contribution < 1.29 is 9.59 Å². The van der Waals surface area contributed by atoms with Gasteiger partial charge in [0.1, 0.15) is 0 Å². The van der Waals surface area contributed by atoms with Crippen LogP contribution in [0.2, 0.25) is 10.0 Å². The van der Waals surface area contributed by atoms with Crippen molar-refractivity contribution in [2.45, 2.75) is 6.42 Å². The van der Waals surface area contributed by atoms with E-state index in [2.05, 4.69) is 10.6 Å². The minimum atomic E-state index is -0.234. The van der Waals surface area contributed by atoms with Crippen LogP contribution in [0, 0.1) is 0 Å². The van der Waals surface area contributed by atoms with E-state index in [0.29, 0.717) is 61.4 Å². The summed E-state index contributed by atoms with van der Waals surface area (Å²) in [6, 6.07) is 49.3. The summed E-state index contributed by atoms with van der Waals surface area (Å²) in [5.41, 5.74) is 8.75. The summed E-state index contributed by atoms with van der Waals surface area (Å²) in [4.78, 5) is 36.8. The molecule has 0 unspecified atom stereocenters. The van der Waals surface area contributed by atoms with E-state index in [1.54, 1.807) is 12.1 Å². The van der Waals surface area contributed by atoms with Crippen LogP contribution in [0.5, 0.6) is 0 Å². The van der Waals surface area contributed by atoms with Gasteiger partial charge in [0.05, 0.1) is 33.5 Å². The number of pyridine rings is 2. The number of amides is 2. The molecule has 0 aliphatic rings. The smallest absolute Gasteiger partial charge is 0.256 e. The van der Waals surface area contributed by atoms with Crippen LogP contribution in [0.4, 0.5) is 11.4 Å². The summed E-state index contributed by atoms with van der Waals surface area (Å²) in [7, 11) is 0. The second kappa shape index (κ2) is 14.7. The zero-order chi connectivity index (χ0) is 36.3. The van der Waals surface area contributed by atoms with Gasteiger partial charge in [0.25, 0.3) is 11.8 Å². The first kappa shape index (κ1) is 33.8. The van der Waals surface area contributed by atoms with Gasteiger partial charge >= 0.3 is 0 Å². The molecule has 2 heterocycles. The standard InChI is InChI=1S/C45H30Cl2N4O2/c46-38-13-5-1-11-34(38)42-26-36(32-9-3-7-15-40(32)50-42)44(52)48-30-21-17-28(18-22-30)25-29-19-23-31(24-20-29)49-45(53)37-27-43(35-12-2-6-14-39(35)47)51-41-16-8-4-10-33(37)41/h1-24,26-27H,25H2,(H,48,52)(H,49,53). The molecule has 0 atom stereocenters. The van der Waals surface area contributed by atoms with Crippen LogP contribution in [-0.4, -0.2) is 21.8 Å². The molecule has 8 heteroatoms. The summed E-state index contributed by atoms with van der Waals surface area (Å²) in [5, 5.41) is 8.75. The molecule has 0 bridgehead atoms. The van der Waals surface area contributed by atoms with E-state index in [1.165, 1.54) is 0 Å². The van der Waals surface area contributed by atoms with E-state index < -0.39 is 0 Å². The lowest BCUT2D eigenvalue weighted by atomic mass is 10.0. The van der Waals surface area contributed by atoms with E-state index >= 15 is 0 Å². The Morgan fingerprint density at radius 3 is 1.26 bits per heavy atom. The summed E-state index contributed by atoms with van der Waals surface area (Å²) in [6.07, 6.45) is 0.675. The van der Waals surface area contributed by atoms with Crippen LogP contribution in [0.3, 0.4) is 0 Å². The first-order chi connectivity index (χ1) is 25.9. The maximum Gasteiger partial charge on any atom is 0.256 e. The molecule has 2 aromatic heterocycles. The zero-order valence-corrected chi connectivity index (χ0v) is 29.7. The molecule has 0 spiro atoms. The average molecular weight is 730 g/mol. The molecular weight excluding hydrogens is 699 g/mol. The summed E-state index contributed by atoms with van der Waals surface area (Å²) in [5.74, 6) is -0.468. The topological polar surface area (TPSA) is 84.0 Å². The highest BCUT2D eigenvalue weighted by atomic mass is 35.5. The third-order valence-electron chi connectivity index (χ3n) is 9.05. The SMILES string of the molecule is O=C(Nc1ccc(Cc2ccc(NC(=O)c3cc(-c4ccccc4Cl)nc4ccccc34)cc2)cc1)c1cc(-c2ccccc2Cl)nc2ccccc12. The van der Waals surface area contributed by atoms with Gasteiger partial charge < -0.3 is 10.6 Å². The molecule has 2 amide bonds. The number of anilines is 2. The number of rotatable bonds is 8. The number of para-hydroxylation sites is 2. The molecule has 2 N–H and O–H groups in total. The number of nitrogens with zero attached hydrogens (tertiary/aromatic N) is 2. The molecule has 53 heavy (non-hydrogen) atoms. The maximum atomic E-state index is 13.6. The van der Waals surface area contributed by atoms with Gasteiger partial charge in [-0.2, -0.15) is 0 Å². The predicted octanol–water partition coefficient (Wildman–Crippen LogP) is 11.5. The van der Waals surface area contributed by atoms with Crippen molar-refractivity contribution in [1.82, 2.24) is 9.97 Å². The Morgan fingerprint density at radius 1 is 0.472 bits per heavy atom. The normalized spacial score (nSPS) is 11.1. The van der Waals surface area contributed by atoms with Gasteiger partial charge in [-0.05, 0) is 78.2 Å². The lowest BCUT2D eigenvalue weighted by Gasteiger charge is -2.12. The lowest BCUT2D eigenvalue weighted by molar-refractivity contribution is 0.102. The van der Waals surface area contributed by atoms with Crippen LogP contribution in [-0.2, 0) is 6.42 Å². The van der Waals surface area contributed by atoms with Gasteiger partial charge in [0.15, 0.2) is 0 Å². The Kier molecular flexibility index (Phi) is 9.38. The fourth-order valence-electron chi connectivity index (χ4n) is 6.38. The summed E-state index contributed by atoms with van der Waals surface area (Å²) >= 11 is 13.0. The second-order valence-electron chi connectivity index (χ2n) is 12.6. The number of carbonyl (C=O) groups excluding carboxylic acids is 2. The molecule has 0 radical (unpaired) electrons. The highest BCUT2D eigenvalue weighted by molar-refractivity contribution is 6.33. The minimum absolute atomic E-state index is 0.234. The number of aromatic nitrogens is 2. The highest BCUT2D eigenvalue weighted by Crippen LogP contribution is 2.32. The molecule has 0 fully saturated rings. The third kappa shape index (κ3) is 7.24. The average Bonchev–Trinajstić information content (AvgIpc) is 3.19. The van der Waals surface area contributed by atoms with E-state index in [9.17, 15) is 9.59 Å². The fourth-order valence-corrected chi connectivity index (χ4v) is 6.85. The Bertz CT molecular complexity index is 2480. The van der Waals surface area contributed by atoms with Crippen molar-refractivity contribution in [2.75, 3.05) is 10.6 Å². The third-order valence-corrected chi connectivity index (χ3v) is 9.71. The highest BCUT2D eigenvalue weighted by Gasteiger charge is 2.17. The van der Waals surface area contributed by atoms with E-state index in [-0.39, 0.29) is 11.8 Å². The molecule has 8 rings (SSSR count). The molecular formula is C45H30Cl2N4O2. The van der Waals surface area contributed by atoms with Crippen LogP contribution in [0.25, 0.3) is 44.3 Å². The number of hydrogen-bond donors (Lipinski definition) is 2. The van der Waals surface area contributed by atoms with Crippen molar-refractivity contribution in [3.05, 3.63) is 190 Å². The number of nitrogens with one attached hydrogen (secondary N) is 2. The quantitative estimate of drug-likeness (QED) is 0.163.